The van der Waals surface area contributed by atoms with Crippen LogP contribution in [0.4, 0.5) is 5.95 Å². The quantitative estimate of drug-likeness (QED) is 0.869. The summed E-state index contributed by atoms with van der Waals surface area (Å²) in [5.41, 5.74) is 0.106. The number of anilines is 1. The molecule has 1 N–H and O–H groups in total. The van der Waals surface area contributed by atoms with Gasteiger partial charge in [0.15, 0.2) is 0 Å². The first-order valence-electron chi connectivity index (χ1n) is 7.48. The molecule has 0 saturated carbocycles. The minimum absolute atomic E-state index is 0.0317. The standard InChI is InChI=1S/C15H24N4O3/c1-11-9-13(21)19(10-12(20)17-15(2,3)4)14(16-11)18-5-7-22-8-6-18/h9H,5-8,10H2,1-4H3,(H,17,20). The normalized spacial score (nSPS) is 15.7. The van der Waals surface area contributed by atoms with E-state index >= 15 is 0 Å². The van der Waals surface area contributed by atoms with Gasteiger partial charge in [0.1, 0.15) is 6.54 Å². The smallest absolute Gasteiger partial charge is 0.255 e. The van der Waals surface area contributed by atoms with Crippen LogP contribution in [-0.4, -0.2) is 47.3 Å². The molecule has 1 fully saturated rings. The molecule has 0 atom stereocenters. The molecule has 2 heterocycles. The van der Waals surface area contributed by atoms with Crippen LogP contribution in [0.15, 0.2) is 10.9 Å². The summed E-state index contributed by atoms with van der Waals surface area (Å²) in [4.78, 5) is 30.9. The summed E-state index contributed by atoms with van der Waals surface area (Å²) in [7, 11) is 0. The molecule has 7 nitrogen and oxygen atoms in total. The van der Waals surface area contributed by atoms with Crippen LogP contribution in [-0.2, 0) is 16.1 Å². The number of nitrogens with one attached hydrogen (secondary N) is 1. The molecular formula is C15H24N4O3. The number of hydrogen-bond donors (Lipinski definition) is 1. The van der Waals surface area contributed by atoms with Crippen molar-refractivity contribution in [2.75, 3.05) is 31.2 Å². The molecular weight excluding hydrogens is 284 g/mol. The molecule has 0 radical (unpaired) electrons. The number of carbonyl (C=O) groups excluding carboxylic acids is 1. The number of carbonyl (C=O) groups is 1. The van der Waals surface area contributed by atoms with Gasteiger partial charge in [-0.25, -0.2) is 4.98 Å². The van der Waals surface area contributed by atoms with Crippen molar-refractivity contribution in [2.24, 2.45) is 0 Å². The first-order valence-corrected chi connectivity index (χ1v) is 7.48. The van der Waals surface area contributed by atoms with E-state index in [1.54, 1.807) is 6.92 Å². The summed E-state index contributed by atoms with van der Waals surface area (Å²) in [5, 5.41) is 2.87. The van der Waals surface area contributed by atoms with E-state index in [9.17, 15) is 9.59 Å². The maximum atomic E-state index is 12.3. The Morgan fingerprint density at radius 1 is 1.36 bits per heavy atom. The first kappa shape index (κ1) is 16.5. The van der Waals surface area contributed by atoms with E-state index < -0.39 is 0 Å². The number of hydrogen-bond acceptors (Lipinski definition) is 5. The van der Waals surface area contributed by atoms with Crippen molar-refractivity contribution in [1.82, 2.24) is 14.9 Å². The molecule has 0 unspecified atom stereocenters. The number of aryl methyl sites for hydroxylation is 1. The Kier molecular flexibility index (Phi) is 4.85. The van der Waals surface area contributed by atoms with E-state index in [4.69, 9.17) is 4.74 Å². The average Bonchev–Trinajstić information content (AvgIpc) is 2.40. The monoisotopic (exact) mass is 308 g/mol. The largest absolute Gasteiger partial charge is 0.378 e. The highest BCUT2D eigenvalue weighted by Crippen LogP contribution is 2.12. The Bertz CT molecular complexity index is 598. The first-order chi connectivity index (χ1) is 10.3. The van der Waals surface area contributed by atoms with Gasteiger partial charge in [-0.1, -0.05) is 0 Å². The molecule has 0 aliphatic carbocycles. The summed E-state index contributed by atoms with van der Waals surface area (Å²) < 4.78 is 6.76. The Morgan fingerprint density at radius 2 is 2.00 bits per heavy atom. The molecule has 1 amide bonds. The zero-order chi connectivity index (χ0) is 16.3. The van der Waals surface area contributed by atoms with Gasteiger partial charge in [-0.3, -0.25) is 14.2 Å². The van der Waals surface area contributed by atoms with E-state index in [1.165, 1.54) is 10.6 Å². The van der Waals surface area contributed by atoms with Gasteiger partial charge in [0.2, 0.25) is 11.9 Å². The second-order valence-corrected chi connectivity index (χ2v) is 6.52. The number of rotatable bonds is 3. The Morgan fingerprint density at radius 3 is 2.59 bits per heavy atom. The van der Waals surface area contributed by atoms with E-state index in [-0.39, 0.29) is 23.6 Å². The van der Waals surface area contributed by atoms with E-state index in [2.05, 4.69) is 10.3 Å². The SMILES string of the molecule is Cc1cc(=O)n(CC(=O)NC(C)(C)C)c(N2CCOCC2)n1. The number of nitrogens with zero attached hydrogens (tertiary/aromatic N) is 3. The van der Waals surface area contributed by atoms with Crippen molar-refractivity contribution < 1.29 is 9.53 Å². The second-order valence-electron chi connectivity index (χ2n) is 6.52. The van der Waals surface area contributed by atoms with E-state index in [1.807, 2.05) is 25.7 Å². The molecule has 0 bridgehead atoms. The van der Waals surface area contributed by atoms with Gasteiger partial charge in [0.05, 0.1) is 13.2 Å². The predicted molar refractivity (Wildman–Crippen MR) is 84.2 cm³/mol. The summed E-state index contributed by atoms with van der Waals surface area (Å²) >= 11 is 0. The van der Waals surface area contributed by atoms with Crippen LogP contribution in [0.1, 0.15) is 26.5 Å². The number of aromatic nitrogens is 2. The van der Waals surface area contributed by atoms with Crippen molar-refractivity contribution in [3.63, 3.8) is 0 Å². The van der Waals surface area contributed by atoms with Gasteiger partial charge in [-0.2, -0.15) is 0 Å². The lowest BCUT2D eigenvalue weighted by Gasteiger charge is -2.30. The van der Waals surface area contributed by atoms with Crippen molar-refractivity contribution in [2.45, 2.75) is 39.8 Å². The summed E-state index contributed by atoms with van der Waals surface area (Å²) in [6.45, 7) is 9.99. The fourth-order valence-corrected chi connectivity index (χ4v) is 2.36. The highest BCUT2D eigenvalue weighted by Gasteiger charge is 2.21. The zero-order valence-corrected chi connectivity index (χ0v) is 13.7. The molecule has 1 aromatic heterocycles. The summed E-state index contributed by atoms with van der Waals surface area (Å²) in [6.07, 6.45) is 0. The highest BCUT2D eigenvalue weighted by molar-refractivity contribution is 5.76. The predicted octanol–water partition coefficient (Wildman–Crippen LogP) is 0.303. The summed E-state index contributed by atoms with van der Waals surface area (Å²) in [6, 6.07) is 1.45. The molecule has 1 saturated heterocycles. The van der Waals surface area contributed by atoms with Crippen molar-refractivity contribution >= 4 is 11.9 Å². The Balaban J connectivity index is 2.29. The van der Waals surface area contributed by atoms with E-state index in [0.717, 1.165) is 0 Å². The fraction of sp³-hybridized carbons (Fsp3) is 0.667. The van der Waals surface area contributed by atoms with Crippen LogP contribution in [0.25, 0.3) is 0 Å². The molecule has 1 aliphatic rings. The lowest BCUT2D eigenvalue weighted by molar-refractivity contribution is -0.123. The van der Waals surface area contributed by atoms with Gasteiger partial charge in [0, 0.05) is 30.4 Å². The van der Waals surface area contributed by atoms with Gasteiger partial charge in [-0.15, -0.1) is 0 Å². The van der Waals surface area contributed by atoms with Gasteiger partial charge < -0.3 is 15.0 Å². The third-order valence-corrected chi connectivity index (χ3v) is 3.23. The number of morpholine rings is 1. The molecule has 0 aromatic carbocycles. The van der Waals surface area contributed by atoms with Crippen LogP contribution >= 0.6 is 0 Å². The van der Waals surface area contributed by atoms with Crippen LogP contribution in [0, 0.1) is 6.92 Å². The molecule has 122 valence electrons. The lowest BCUT2D eigenvalue weighted by Crippen LogP contribution is -2.45. The average molecular weight is 308 g/mol. The zero-order valence-electron chi connectivity index (χ0n) is 13.7. The Labute approximate surface area is 130 Å². The number of ether oxygens (including phenoxy) is 1. The minimum atomic E-state index is -0.335. The topological polar surface area (TPSA) is 76.5 Å². The highest BCUT2D eigenvalue weighted by atomic mass is 16.5. The minimum Gasteiger partial charge on any atom is -0.378 e. The Hall–Kier alpha value is -1.89. The van der Waals surface area contributed by atoms with Gasteiger partial charge in [0.25, 0.3) is 5.56 Å². The molecule has 22 heavy (non-hydrogen) atoms. The van der Waals surface area contributed by atoms with Crippen LogP contribution in [0.5, 0.6) is 0 Å². The van der Waals surface area contributed by atoms with Crippen LogP contribution < -0.4 is 15.8 Å². The van der Waals surface area contributed by atoms with Gasteiger partial charge in [-0.05, 0) is 27.7 Å². The van der Waals surface area contributed by atoms with Crippen LogP contribution in [0.3, 0.4) is 0 Å². The van der Waals surface area contributed by atoms with Gasteiger partial charge >= 0.3 is 0 Å². The summed E-state index contributed by atoms with van der Waals surface area (Å²) in [5.74, 6) is 0.340. The van der Waals surface area contributed by atoms with Crippen molar-refractivity contribution in [1.29, 1.82) is 0 Å². The third-order valence-electron chi connectivity index (χ3n) is 3.23. The van der Waals surface area contributed by atoms with Crippen molar-refractivity contribution in [3.8, 4) is 0 Å². The molecule has 1 aromatic rings. The van der Waals surface area contributed by atoms with E-state index in [0.29, 0.717) is 37.9 Å². The maximum absolute atomic E-state index is 12.3. The molecule has 2 rings (SSSR count). The van der Waals surface area contributed by atoms with Crippen molar-refractivity contribution in [3.05, 3.63) is 22.1 Å². The second kappa shape index (κ2) is 6.48. The maximum Gasteiger partial charge on any atom is 0.255 e. The third kappa shape index (κ3) is 4.30. The number of amides is 1. The van der Waals surface area contributed by atoms with Crippen LogP contribution in [0.2, 0.25) is 0 Å². The molecule has 7 heteroatoms. The fourth-order valence-electron chi connectivity index (χ4n) is 2.36. The molecule has 0 spiro atoms. The molecule has 1 aliphatic heterocycles. The lowest BCUT2D eigenvalue weighted by atomic mass is 10.1.